The number of nitrogens with two attached hydrogens (primary N) is 1. The second-order valence-corrected chi connectivity index (χ2v) is 9.87. The Balaban J connectivity index is 1.49. The second kappa shape index (κ2) is 10.1. The summed E-state index contributed by atoms with van der Waals surface area (Å²) in [6, 6.07) is 13.6. The minimum atomic E-state index is -3.81. The van der Waals surface area contributed by atoms with Gasteiger partial charge in [0.2, 0.25) is 21.9 Å². The van der Waals surface area contributed by atoms with Crippen molar-refractivity contribution in [1.29, 1.82) is 0 Å². The number of nitrogens with one attached hydrogen (secondary N) is 1. The maximum atomic E-state index is 13.1. The molecule has 2 aromatic carbocycles. The van der Waals surface area contributed by atoms with Crippen molar-refractivity contribution in [3.63, 3.8) is 0 Å². The first kappa shape index (κ1) is 23.6. The lowest BCUT2D eigenvalue weighted by molar-refractivity contribution is 0.0457. The Labute approximate surface area is 198 Å². The molecule has 0 unspecified atom stereocenters. The van der Waals surface area contributed by atoms with Gasteiger partial charge in [0.05, 0.1) is 10.5 Å². The third kappa shape index (κ3) is 5.49. The summed E-state index contributed by atoms with van der Waals surface area (Å²) in [5.74, 6) is -0.491. The lowest BCUT2D eigenvalue weighted by Crippen LogP contribution is -2.36. The van der Waals surface area contributed by atoms with Crippen molar-refractivity contribution >= 4 is 33.6 Å². The van der Waals surface area contributed by atoms with Gasteiger partial charge in [-0.15, -0.1) is 0 Å². The fraction of sp³-hybridized carbons (Fsp3) is 0.304. The Morgan fingerprint density at radius 2 is 1.74 bits per heavy atom. The molecule has 1 aliphatic rings. The van der Waals surface area contributed by atoms with Crippen LogP contribution in [-0.2, 0) is 21.4 Å². The molecule has 2 heterocycles. The Bertz CT molecular complexity index is 1270. The highest BCUT2D eigenvalue weighted by molar-refractivity contribution is 7.89. The molecule has 0 amide bonds. The average molecular weight is 483 g/mol. The second-order valence-electron chi connectivity index (χ2n) is 7.96. The zero-order valence-electron chi connectivity index (χ0n) is 18.8. The van der Waals surface area contributed by atoms with Crippen LogP contribution >= 0.6 is 0 Å². The van der Waals surface area contributed by atoms with Gasteiger partial charge in [-0.2, -0.15) is 19.3 Å². The monoisotopic (exact) mass is 482 g/mol. The SMILES string of the molecule is Cc1ccc(Nc2nc(N)nc(COC(=O)c3ccccc3S(=O)(=O)N3CCCCC3)n2)cc1. The summed E-state index contributed by atoms with van der Waals surface area (Å²) in [6.07, 6.45) is 2.59. The highest BCUT2D eigenvalue weighted by atomic mass is 32.2. The number of esters is 1. The smallest absolute Gasteiger partial charge is 0.339 e. The summed E-state index contributed by atoms with van der Waals surface area (Å²) < 4.78 is 33.0. The van der Waals surface area contributed by atoms with Gasteiger partial charge >= 0.3 is 5.97 Å². The Morgan fingerprint density at radius 1 is 1.03 bits per heavy atom. The normalized spacial score (nSPS) is 14.5. The molecule has 1 aromatic heterocycles. The van der Waals surface area contributed by atoms with Crippen LogP contribution in [0.1, 0.15) is 41.0 Å². The molecule has 1 saturated heterocycles. The third-order valence-electron chi connectivity index (χ3n) is 5.38. The molecule has 3 aromatic rings. The predicted octanol–water partition coefficient (Wildman–Crippen LogP) is 3.04. The maximum Gasteiger partial charge on any atom is 0.339 e. The minimum absolute atomic E-state index is 0.0342. The number of benzene rings is 2. The molecule has 4 rings (SSSR count). The fourth-order valence-electron chi connectivity index (χ4n) is 3.64. The van der Waals surface area contributed by atoms with Crippen LogP contribution in [0.4, 0.5) is 17.6 Å². The summed E-state index contributed by atoms with van der Waals surface area (Å²) in [6.45, 7) is 2.55. The van der Waals surface area contributed by atoms with Crippen LogP contribution in [0.15, 0.2) is 53.4 Å². The number of carbonyl (C=O) groups is 1. The van der Waals surface area contributed by atoms with E-state index in [-0.39, 0.29) is 34.8 Å². The molecule has 3 N–H and O–H groups in total. The van der Waals surface area contributed by atoms with Crippen molar-refractivity contribution < 1.29 is 17.9 Å². The largest absolute Gasteiger partial charge is 0.454 e. The standard InChI is InChI=1S/C23H26N6O4S/c1-16-9-11-17(12-10-16)25-23-27-20(26-22(24)28-23)15-33-21(30)18-7-3-4-8-19(18)34(31,32)29-13-5-2-6-14-29/h3-4,7-12H,2,5-6,13-15H2,1H3,(H3,24,25,26,27,28). The van der Waals surface area contributed by atoms with E-state index in [0.29, 0.717) is 13.1 Å². The molecular weight excluding hydrogens is 456 g/mol. The number of hydrogen-bond donors (Lipinski definition) is 2. The number of nitrogens with zero attached hydrogens (tertiary/aromatic N) is 4. The van der Waals surface area contributed by atoms with Crippen LogP contribution in [0.5, 0.6) is 0 Å². The number of aromatic nitrogens is 3. The molecule has 1 fully saturated rings. The van der Waals surface area contributed by atoms with Crippen molar-refractivity contribution in [1.82, 2.24) is 19.3 Å². The summed E-state index contributed by atoms with van der Waals surface area (Å²) in [7, 11) is -3.81. The molecule has 0 saturated carbocycles. The molecule has 0 spiro atoms. The molecule has 0 atom stereocenters. The van der Waals surface area contributed by atoms with E-state index in [9.17, 15) is 13.2 Å². The van der Waals surface area contributed by atoms with Crippen LogP contribution in [0.25, 0.3) is 0 Å². The summed E-state index contributed by atoms with van der Waals surface area (Å²) in [5.41, 5.74) is 7.62. The molecule has 0 radical (unpaired) electrons. The quantitative estimate of drug-likeness (QED) is 0.486. The van der Waals surface area contributed by atoms with E-state index in [1.54, 1.807) is 12.1 Å². The Morgan fingerprint density at radius 3 is 2.47 bits per heavy atom. The first-order valence-electron chi connectivity index (χ1n) is 10.9. The number of carbonyl (C=O) groups excluding carboxylic acids is 1. The average Bonchev–Trinajstić information content (AvgIpc) is 2.84. The Hall–Kier alpha value is -3.57. The van der Waals surface area contributed by atoms with Crippen LogP contribution in [0, 0.1) is 6.92 Å². The van der Waals surface area contributed by atoms with Gasteiger partial charge in [-0.25, -0.2) is 13.2 Å². The van der Waals surface area contributed by atoms with E-state index in [1.807, 2.05) is 31.2 Å². The predicted molar refractivity (Wildman–Crippen MR) is 127 cm³/mol. The number of sulfonamides is 1. The van der Waals surface area contributed by atoms with Gasteiger partial charge in [-0.3, -0.25) is 0 Å². The molecular formula is C23H26N6O4S. The van der Waals surface area contributed by atoms with Crippen LogP contribution in [-0.4, -0.2) is 46.7 Å². The Kier molecular flexibility index (Phi) is 7.03. The van der Waals surface area contributed by atoms with Crippen LogP contribution < -0.4 is 11.1 Å². The van der Waals surface area contributed by atoms with Gasteiger partial charge in [0.25, 0.3) is 0 Å². The first-order chi connectivity index (χ1) is 16.3. The van der Waals surface area contributed by atoms with Crippen molar-refractivity contribution in [2.45, 2.75) is 37.7 Å². The van der Waals surface area contributed by atoms with Gasteiger partial charge in [0.1, 0.15) is 0 Å². The molecule has 0 bridgehead atoms. The zero-order chi connectivity index (χ0) is 24.1. The number of ether oxygens (including phenoxy) is 1. The summed E-state index contributed by atoms with van der Waals surface area (Å²) in [5, 5.41) is 3.03. The maximum absolute atomic E-state index is 13.1. The van der Waals surface area contributed by atoms with E-state index in [0.717, 1.165) is 30.5 Å². The highest BCUT2D eigenvalue weighted by Crippen LogP contribution is 2.24. The van der Waals surface area contributed by atoms with Crippen LogP contribution in [0.3, 0.4) is 0 Å². The van der Waals surface area contributed by atoms with Crippen molar-refractivity contribution in [3.05, 3.63) is 65.5 Å². The first-order valence-corrected chi connectivity index (χ1v) is 12.4. The molecule has 1 aliphatic heterocycles. The minimum Gasteiger partial charge on any atom is -0.454 e. The highest BCUT2D eigenvalue weighted by Gasteiger charge is 2.30. The zero-order valence-corrected chi connectivity index (χ0v) is 19.6. The van der Waals surface area contributed by atoms with E-state index >= 15 is 0 Å². The molecule has 0 aliphatic carbocycles. The summed E-state index contributed by atoms with van der Waals surface area (Å²) >= 11 is 0. The van der Waals surface area contributed by atoms with E-state index in [4.69, 9.17) is 10.5 Å². The molecule has 10 nitrogen and oxygen atoms in total. The number of aryl methyl sites for hydroxylation is 1. The van der Waals surface area contributed by atoms with Crippen molar-refractivity contribution in [2.75, 3.05) is 24.1 Å². The lowest BCUT2D eigenvalue weighted by atomic mass is 10.2. The third-order valence-corrected chi connectivity index (χ3v) is 7.34. The topological polar surface area (TPSA) is 140 Å². The molecule has 34 heavy (non-hydrogen) atoms. The van der Waals surface area contributed by atoms with Gasteiger partial charge < -0.3 is 15.8 Å². The fourth-order valence-corrected chi connectivity index (χ4v) is 5.33. The van der Waals surface area contributed by atoms with E-state index < -0.39 is 16.0 Å². The number of nitrogen functional groups attached to an aromatic ring is 1. The summed E-state index contributed by atoms with van der Waals surface area (Å²) in [4.78, 5) is 25.1. The van der Waals surface area contributed by atoms with Gasteiger partial charge in [0, 0.05) is 18.8 Å². The van der Waals surface area contributed by atoms with Crippen molar-refractivity contribution in [2.24, 2.45) is 0 Å². The van der Waals surface area contributed by atoms with Crippen molar-refractivity contribution in [3.8, 4) is 0 Å². The molecule has 178 valence electrons. The van der Waals surface area contributed by atoms with Gasteiger partial charge in [-0.05, 0) is 44.0 Å². The van der Waals surface area contributed by atoms with Crippen LogP contribution in [0.2, 0.25) is 0 Å². The van der Waals surface area contributed by atoms with E-state index in [1.165, 1.54) is 16.4 Å². The van der Waals surface area contributed by atoms with Gasteiger partial charge in [-0.1, -0.05) is 36.2 Å². The number of hydrogen-bond acceptors (Lipinski definition) is 9. The van der Waals surface area contributed by atoms with Gasteiger partial charge in [0.15, 0.2) is 12.4 Å². The molecule has 11 heteroatoms. The lowest BCUT2D eigenvalue weighted by Gasteiger charge is -2.26. The van der Waals surface area contributed by atoms with E-state index in [2.05, 4.69) is 20.3 Å². The number of piperidine rings is 1. The number of anilines is 3. The number of rotatable bonds is 7.